The maximum Gasteiger partial charge on any atom is 0.224 e. The lowest BCUT2D eigenvalue weighted by atomic mass is 10.9. The highest BCUT2D eigenvalue weighted by molar-refractivity contribution is 7.83. The number of hydrogen-bond acceptors (Lipinski definition) is 1. The minimum atomic E-state index is -1.83. The Labute approximate surface area is 40.7 Å². The molecular formula is C2H4ClFS. The lowest BCUT2D eigenvalue weighted by Crippen LogP contribution is -1.90. The number of halogens is 2. The number of hydrogen-bond donors (Lipinski definition) is 1. The molecule has 0 heterocycles. The van der Waals surface area contributed by atoms with Crippen LogP contribution in [0.2, 0.25) is 0 Å². The van der Waals surface area contributed by atoms with E-state index in [9.17, 15) is 4.39 Å². The summed E-state index contributed by atoms with van der Waals surface area (Å²) in [6.45, 7) is 1.15. The molecule has 0 saturated carbocycles. The first-order valence-corrected chi connectivity index (χ1v) is 1.93. The minimum absolute atomic E-state index is 1.15. The van der Waals surface area contributed by atoms with Crippen LogP contribution >= 0.6 is 24.2 Å². The second kappa shape index (κ2) is 1.35. The van der Waals surface area contributed by atoms with Gasteiger partial charge in [0.05, 0.1) is 0 Å². The zero-order chi connectivity index (χ0) is 4.50. The summed E-state index contributed by atoms with van der Waals surface area (Å²) in [4.78, 5) is 0. The molecule has 3 heteroatoms. The maximum absolute atomic E-state index is 11.3. The molecule has 0 rings (SSSR count). The Morgan fingerprint density at radius 1 is 2.00 bits per heavy atom. The van der Waals surface area contributed by atoms with Crippen LogP contribution in [0.4, 0.5) is 4.39 Å². The lowest BCUT2D eigenvalue weighted by Gasteiger charge is -1.95. The molecule has 0 aromatic carbocycles. The maximum atomic E-state index is 11.3. The molecule has 1 unspecified atom stereocenters. The van der Waals surface area contributed by atoms with E-state index >= 15 is 0 Å². The van der Waals surface area contributed by atoms with Gasteiger partial charge in [0.25, 0.3) is 0 Å². The number of thiol groups is 1. The summed E-state index contributed by atoms with van der Waals surface area (Å²) in [5.74, 6) is 0. The monoisotopic (exact) mass is 114 g/mol. The van der Waals surface area contributed by atoms with E-state index in [2.05, 4.69) is 12.6 Å². The van der Waals surface area contributed by atoms with Gasteiger partial charge in [-0.2, -0.15) is 0 Å². The molecule has 0 nitrogen and oxygen atoms in total. The molecule has 5 heavy (non-hydrogen) atoms. The average Bonchev–Trinajstić information content (AvgIpc) is 0.722. The first kappa shape index (κ1) is 5.57. The Kier molecular flexibility index (Phi) is 1.50. The number of rotatable bonds is 0. The summed E-state index contributed by atoms with van der Waals surface area (Å²) >= 11 is 7.95. The molecule has 32 valence electrons. The Bertz CT molecular complexity index is 25.1. The van der Waals surface area contributed by atoms with Gasteiger partial charge < -0.3 is 0 Å². The van der Waals surface area contributed by atoms with Crippen molar-refractivity contribution in [3.05, 3.63) is 0 Å². The van der Waals surface area contributed by atoms with E-state index in [1.165, 1.54) is 0 Å². The summed E-state index contributed by atoms with van der Waals surface area (Å²) in [7, 11) is 0. The summed E-state index contributed by atoms with van der Waals surface area (Å²) in [6.07, 6.45) is 0. The predicted octanol–water partition coefficient (Wildman–Crippen LogP) is 1.80. The SMILES string of the molecule is CC(F)(S)Cl. The van der Waals surface area contributed by atoms with Crippen LogP contribution in [0.5, 0.6) is 0 Å². The first-order valence-electron chi connectivity index (χ1n) is 1.10. The molecule has 0 amide bonds. The van der Waals surface area contributed by atoms with E-state index in [-0.39, 0.29) is 0 Å². The molecule has 0 aliphatic rings. The van der Waals surface area contributed by atoms with E-state index in [4.69, 9.17) is 11.6 Å². The molecule has 0 N–H and O–H groups in total. The van der Waals surface area contributed by atoms with Crippen molar-refractivity contribution in [2.75, 3.05) is 0 Å². The third-order valence-corrected chi connectivity index (χ3v) is 0. The van der Waals surface area contributed by atoms with Gasteiger partial charge in [-0.05, 0) is 6.92 Å². The normalized spacial score (nSPS) is 21.6. The summed E-state index contributed by atoms with van der Waals surface area (Å²) in [5.41, 5.74) is 0. The van der Waals surface area contributed by atoms with Crippen LogP contribution in [0, 0.1) is 0 Å². The third kappa shape index (κ3) is 92.9. The highest BCUT2D eigenvalue weighted by Crippen LogP contribution is 2.18. The molecule has 0 aliphatic carbocycles. The quantitative estimate of drug-likeness (QED) is 0.360. The predicted molar refractivity (Wildman–Crippen MR) is 24.4 cm³/mol. The Morgan fingerprint density at radius 3 is 2.00 bits per heavy atom. The molecule has 0 spiro atoms. The van der Waals surface area contributed by atoms with E-state index in [1.54, 1.807) is 0 Å². The summed E-state index contributed by atoms with van der Waals surface area (Å²) in [6, 6.07) is 0. The Hall–Kier alpha value is 0.570. The second-order valence-corrected chi connectivity index (χ2v) is 2.66. The molecule has 0 radical (unpaired) electrons. The van der Waals surface area contributed by atoms with E-state index in [0.717, 1.165) is 6.92 Å². The standard InChI is InChI=1S/C2H4ClFS/c1-2(3,4)5/h5H,1H3. The molecule has 1 atom stereocenters. The van der Waals surface area contributed by atoms with Gasteiger partial charge in [0.15, 0.2) is 0 Å². The smallest absolute Gasteiger partial charge is 0.215 e. The van der Waals surface area contributed by atoms with E-state index in [1.807, 2.05) is 0 Å². The fraction of sp³-hybridized carbons (Fsp3) is 1.00. The van der Waals surface area contributed by atoms with Crippen molar-refractivity contribution in [1.29, 1.82) is 0 Å². The van der Waals surface area contributed by atoms with Gasteiger partial charge in [0, 0.05) is 0 Å². The molecule has 0 aromatic heterocycles. The van der Waals surface area contributed by atoms with Gasteiger partial charge in [-0.1, -0.05) is 11.6 Å². The van der Waals surface area contributed by atoms with Crippen LogP contribution in [-0.2, 0) is 0 Å². The van der Waals surface area contributed by atoms with Gasteiger partial charge in [-0.15, -0.1) is 12.6 Å². The second-order valence-electron chi connectivity index (χ2n) is 0.842. The highest BCUT2D eigenvalue weighted by Gasteiger charge is 2.07. The molecule has 0 aromatic rings. The van der Waals surface area contributed by atoms with Crippen LogP contribution in [0.15, 0.2) is 0 Å². The van der Waals surface area contributed by atoms with Crippen molar-refractivity contribution < 1.29 is 4.39 Å². The third-order valence-electron chi connectivity index (χ3n) is 0. The van der Waals surface area contributed by atoms with Gasteiger partial charge in [0.2, 0.25) is 4.46 Å². The van der Waals surface area contributed by atoms with Crippen LogP contribution in [-0.4, -0.2) is 4.46 Å². The first-order chi connectivity index (χ1) is 2.00. The van der Waals surface area contributed by atoms with E-state index < -0.39 is 4.46 Å². The van der Waals surface area contributed by atoms with Crippen molar-refractivity contribution in [2.24, 2.45) is 0 Å². The fourth-order valence-electron chi connectivity index (χ4n) is 0. The van der Waals surface area contributed by atoms with Crippen LogP contribution in [0.25, 0.3) is 0 Å². The molecule has 0 fully saturated rings. The highest BCUT2D eigenvalue weighted by atomic mass is 35.5. The molecular weight excluding hydrogens is 111 g/mol. The van der Waals surface area contributed by atoms with Gasteiger partial charge in [-0.3, -0.25) is 0 Å². The van der Waals surface area contributed by atoms with Crippen molar-refractivity contribution in [1.82, 2.24) is 0 Å². The molecule has 0 bridgehead atoms. The largest absolute Gasteiger partial charge is 0.224 e. The number of alkyl halides is 2. The molecule has 0 aliphatic heterocycles. The molecule has 0 saturated heterocycles. The zero-order valence-corrected chi connectivity index (χ0v) is 4.35. The van der Waals surface area contributed by atoms with Gasteiger partial charge in [-0.25, -0.2) is 4.39 Å². The van der Waals surface area contributed by atoms with Crippen LogP contribution in [0.1, 0.15) is 6.92 Å². The fourth-order valence-corrected chi connectivity index (χ4v) is 0. The Morgan fingerprint density at radius 2 is 2.00 bits per heavy atom. The van der Waals surface area contributed by atoms with Crippen molar-refractivity contribution in [3.63, 3.8) is 0 Å². The minimum Gasteiger partial charge on any atom is -0.215 e. The van der Waals surface area contributed by atoms with Crippen LogP contribution < -0.4 is 0 Å². The van der Waals surface area contributed by atoms with Crippen molar-refractivity contribution in [2.45, 2.75) is 11.4 Å². The average molecular weight is 115 g/mol. The Balaban J connectivity index is 3.02. The van der Waals surface area contributed by atoms with Gasteiger partial charge in [0.1, 0.15) is 0 Å². The topological polar surface area (TPSA) is 0 Å². The summed E-state index contributed by atoms with van der Waals surface area (Å²) < 4.78 is 9.48. The van der Waals surface area contributed by atoms with Crippen molar-refractivity contribution in [3.8, 4) is 0 Å². The van der Waals surface area contributed by atoms with Gasteiger partial charge >= 0.3 is 0 Å². The zero-order valence-electron chi connectivity index (χ0n) is 2.70. The van der Waals surface area contributed by atoms with Crippen molar-refractivity contribution >= 4 is 24.2 Å². The summed E-state index contributed by atoms with van der Waals surface area (Å²) in [5, 5.41) is 0. The van der Waals surface area contributed by atoms with Crippen LogP contribution in [0.3, 0.4) is 0 Å². The van der Waals surface area contributed by atoms with E-state index in [0.29, 0.717) is 0 Å². The lowest BCUT2D eigenvalue weighted by molar-refractivity contribution is 0.436.